The monoisotopic (exact) mass is 351 g/mol. The zero-order chi connectivity index (χ0) is 18.7. The molecule has 1 saturated heterocycles. The van der Waals surface area contributed by atoms with Crippen LogP contribution in [0.1, 0.15) is 22.7 Å². The second-order valence-corrected chi connectivity index (χ2v) is 7.29. The van der Waals surface area contributed by atoms with Crippen molar-refractivity contribution in [3.8, 4) is 0 Å². The van der Waals surface area contributed by atoms with Crippen LogP contribution in [0.3, 0.4) is 0 Å². The van der Waals surface area contributed by atoms with E-state index in [0.29, 0.717) is 0 Å². The molecule has 0 aromatic heterocycles. The number of hydrogen-bond donors (Lipinski definition) is 0. The Morgan fingerprint density at radius 2 is 1.58 bits per heavy atom. The number of anilines is 1. The van der Waals surface area contributed by atoms with Gasteiger partial charge in [-0.1, -0.05) is 42.5 Å². The molecule has 1 heterocycles. The summed E-state index contributed by atoms with van der Waals surface area (Å²) in [5.41, 5.74) is 5.08. The number of carbonyl (C=O) groups is 1. The number of benzene rings is 2. The minimum absolute atomic E-state index is 0.149. The summed E-state index contributed by atoms with van der Waals surface area (Å²) in [6, 6.07) is 16.4. The van der Waals surface area contributed by atoms with Crippen LogP contribution in [-0.4, -0.2) is 56.0 Å². The van der Waals surface area contributed by atoms with Crippen LogP contribution in [0.2, 0.25) is 0 Å². The predicted octanol–water partition coefficient (Wildman–Crippen LogP) is 3.25. The molecule has 0 saturated carbocycles. The quantitative estimate of drug-likeness (QED) is 0.846. The molecule has 2 aromatic rings. The van der Waals surface area contributed by atoms with E-state index in [9.17, 15) is 4.79 Å². The van der Waals surface area contributed by atoms with Crippen LogP contribution in [-0.2, 0) is 4.79 Å². The average molecular weight is 351 g/mol. The molecule has 1 aliphatic rings. The topological polar surface area (TPSA) is 26.8 Å². The maximum Gasteiger partial charge on any atom is 0.244 e. The van der Waals surface area contributed by atoms with E-state index in [1.807, 2.05) is 32.3 Å². The Kier molecular flexibility index (Phi) is 5.62. The van der Waals surface area contributed by atoms with Gasteiger partial charge in [0.15, 0.2) is 0 Å². The van der Waals surface area contributed by atoms with Crippen molar-refractivity contribution in [3.63, 3.8) is 0 Å². The summed E-state index contributed by atoms with van der Waals surface area (Å²) in [7, 11) is 3.68. The fourth-order valence-corrected chi connectivity index (χ4v) is 3.69. The SMILES string of the molecule is Cc1cccc(N2CCN(C(C(=O)N(C)C)c3ccccc3)CC2)c1C. The molecule has 1 fully saturated rings. The molecule has 4 heteroatoms. The highest BCUT2D eigenvalue weighted by Crippen LogP contribution is 2.28. The Bertz CT molecular complexity index is 749. The Labute approximate surface area is 157 Å². The van der Waals surface area contributed by atoms with Crippen molar-refractivity contribution in [3.05, 3.63) is 65.2 Å². The van der Waals surface area contributed by atoms with E-state index in [1.165, 1.54) is 16.8 Å². The molecule has 1 atom stereocenters. The number of aryl methyl sites for hydroxylation is 1. The van der Waals surface area contributed by atoms with Gasteiger partial charge in [-0.25, -0.2) is 0 Å². The number of carbonyl (C=O) groups excluding carboxylic acids is 1. The minimum Gasteiger partial charge on any atom is -0.369 e. The number of piperazine rings is 1. The largest absolute Gasteiger partial charge is 0.369 e. The fraction of sp³-hybridized carbons (Fsp3) is 0.409. The molecule has 0 spiro atoms. The van der Waals surface area contributed by atoms with Gasteiger partial charge in [0.2, 0.25) is 5.91 Å². The first kappa shape index (κ1) is 18.5. The lowest BCUT2D eigenvalue weighted by Crippen LogP contribution is -2.51. The first-order valence-corrected chi connectivity index (χ1v) is 9.30. The Morgan fingerprint density at radius 1 is 0.923 bits per heavy atom. The van der Waals surface area contributed by atoms with E-state index < -0.39 is 0 Å². The molecule has 0 N–H and O–H groups in total. The van der Waals surface area contributed by atoms with Gasteiger partial charge in [0.1, 0.15) is 6.04 Å². The normalized spacial score (nSPS) is 16.4. The molecule has 138 valence electrons. The van der Waals surface area contributed by atoms with Gasteiger partial charge in [-0.05, 0) is 36.6 Å². The standard InChI is InChI=1S/C22H29N3O/c1-17-9-8-12-20(18(17)2)24-13-15-25(16-14-24)21(22(26)23(3)4)19-10-6-5-7-11-19/h5-12,21H,13-16H2,1-4H3. The molecular formula is C22H29N3O. The van der Waals surface area contributed by atoms with Gasteiger partial charge in [0, 0.05) is 46.0 Å². The van der Waals surface area contributed by atoms with Crippen LogP contribution in [0.4, 0.5) is 5.69 Å². The minimum atomic E-state index is -0.202. The maximum atomic E-state index is 12.9. The number of likely N-dealkylation sites (N-methyl/N-ethyl adjacent to an activating group) is 1. The highest BCUT2D eigenvalue weighted by molar-refractivity contribution is 5.83. The third-order valence-electron chi connectivity index (χ3n) is 5.39. The summed E-state index contributed by atoms with van der Waals surface area (Å²) in [6.45, 7) is 8.00. The van der Waals surface area contributed by atoms with Crippen molar-refractivity contribution in [2.24, 2.45) is 0 Å². The Morgan fingerprint density at radius 3 is 2.19 bits per heavy atom. The number of hydrogen-bond acceptors (Lipinski definition) is 3. The molecule has 0 aliphatic carbocycles. The molecule has 3 rings (SSSR count). The highest BCUT2D eigenvalue weighted by Gasteiger charge is 2.31. The number of rotatable bonds is 4. The molecule has 1 unspecified atom stereocenters. The summed E-state index contributed by atoms with van der Waals surface area (Å²) in [4.78, 5) is 19.3. The van der Waals surface area contributed by atoms with Crippen molar-refractivity contribution in [2.75, 3.05) is 45.2 Å². The summed E-state index contributed by atoms with van der Waals surface area (Å²) in [6.07, 6.45) is 0. The lowest BCUT2D eigenvalue weighted by atomic mass is 10.0. The average Bonchev–Trinajstić information content (AvgIpc) is 2.65. The van der Waals surface area contributed by atoms with Gasteiger partial charge >= 0.3 is 0 Å². The van der Waals surface area contributed by atoms with Gasteiger partial charge in [-0.2, -0.15) is 0 Å². The second-order valence-electron chi connectivity index (χ2n) is 7.29. The summed E-state index contributed by atoms with van der Waals surface area (Å²) in [5.74, 6) is 0.149. The molecule has 0 bridgehead atoms. The van der Waals surface area contributed by atoms with E-state index in [0.717, 1.165) is 31.7 Å². The van der Waals surface area contributed by atoms with Gasteiger partial charge in [0.05, 0.1) is 0 Å². The Balaban J connectivity index is 1.78. The summed E-state index contributed by atoms with van der Waals surface area (Å²) in [5, 5.41) is 0. The third-order valence-corrected chi connectivity index (χ3v) is 5.39. The lowest BCUT2D eigenvalue weighted by molar-refractivity contribution is -0.134. The van der Waals surface area contributed by atoms with Gasteiger partial charge in [-0.15, -0.1) is 0 Å². The van der Waals surface area contributed by atoms with E-state index in [4.69, 9.17) is 0 Å². The van der Waals surface area contributed by atoms with Gasteiger partial charge in [-0.3, -0.25) is 9.69 Å². The molecular weight excluding hydrogens is 322 g/mol. The molecule has 2 aromatic carbocycles. The van der Waals surface area contributed by atoms with Crippen LogP contribution in [0.15, 0.2) is 48.5 Å². The van der Waals surface area contributed by atoms with Crippen LogP contribution >= 0.6 is 0 Å². The smallest absolute Gasteiger partial charge is 0.244 e. The Hall–Kier alpha value is -2.33. The summed E-state index contributed by atoms with van der Waals surface area (Å²) >= 11 is 0. The van der Waals surface area contributed by atoms with Crippen LogP contribution in [0.25, 0.3) is 0 Å². The van der Waals surface area contributed by atoms with E-state index in [-0.39, 0.29) is 11.9 Å². The predicted molar refractivity (Wildman–Crippen MR) is 108 cm³/mol. The van der Waals surface area contributed by atoms with Crippen molar-refractivity contribution in [2.45, 2.75) is 19.9 Å². The molecule has 1 amide bonds. The van der Waals surface area contributed by atoms with Gasteiger partial charge < -0.3 is 9.80 Å². The molecule has 26 heavy (non-hydrogen) atoms. The fourth-order valence-electron chi connectivity index (χ4n) is 3.69. The van der Waals surface area contributed by atoms with Crippen molar-refractivity contribution < 1.29 is 4.79 Å². The molecule has 4 nitrogen and oxygen atoms in total. The number of amides is 1. The van der Waals surface area contributed by atoms with Crippen molar-refractivity contribution in [1.82, 2.24) is 9.80 Å². The van der Waals surface area contributed by atoms with E-state index in [1.54, 1.807) is 4.90 Å². The molecule has 0 radical (unpaired) electrons. The first-order chi connectivity index (χ1) is 12.5. The molecule has 1 aliphatic heterocycles. The van der Waals surface area contributed by atoms with Gasteiger partial charge in [0.25, 0.3) is 0 Å². The van der Waals surface area contributed by atoms with Crippen molar-refractivity contribution in [1.29, 1.82) is 0 Å². The third kappa shape index (κ3) is 3.75. The van der Waals surface area contributed by atoms with Crippen LogP contribution in [0.5, 0.6) is 0 Å². The van der Waals surface area contributed by atoms with Crippen molar-refractivity contribution >= 4 is 11.6 Å². The second kappa shape index (κ2) is 7.92. The maximum absolute atomic E-state index is 12.9. The van der Waals surface area contributed by atoms with E-state index >= 15 is 0 Å². The number of nitrogens with zero attached hydrogens (tertiary/aromatic N) is 3. The first-order valence-electron chi connectivity index (χ1n) is 9.30. The zero-order valence-electron chi connectivity index (χ0n) is 16.3. The summed E-state index contributed by atoms with van der Waals surface area (Å²) < 4.78 is 0. The zero-order valence-corrected chi connectivity index (χ0v) is 16.3. The highest BCUT2D eigenvalue weighted by atomic mass is 16.2. The van der Waals surface area contributed by atoms with Crippen LogP contribution < -0.4 is 4.90 Å². The van der Waals surface area contributed by atoms with Crippen LogP contribution in [0, 0.1) is 13.8 Å². The van der Waals surface area contributed by atoms with E-state index in [2.05, 4.69) is 54.0 Å². The lowest BCUT2D eigenvalue weighted by Gasteiger charge is -2.41.